The molecule has 5 rings (SSSR count). The van der Waals surface area contributed by atoms with Crippen molar-refractivity contribution in [2.24, 2.45) is 5.92 Å². The van der Waals surface area contributed by atoms with Gasteiger partial charge in [0.2, 0.25) is 17.5 Å². The van der Waals surface area contributed by atoms with Crippen molar-refractivity contribution in [1.29, 1.82) is 5.26 Å². The molecule has 0 unspecified atom stereocenters. The minimum Gasteiger partial charge on any atom is -0.459 e. The van der Waals surface area contributed by atoms with Crippen molar-refractivity contribution in [3.05, 3.63) is 66.6 Å². The topological polar surface area (TPSA) is 126 Å². The molecule has 1 aliphatic heterocycles. The van der Waals surface area contributed by atoms with Crippen LogP contribution < -0.4 is 10.2 Å². The van der Waals surface area contributed by atoms with Crippen LogP contribution in [0.1, 0.15) is 24.1 Å². The van der Waals surface area contributed by atoms with E-state index in [1.54, 1.807) is 23.1 Å². The van der Waals surface area contributed by atoms with Crippen LogP contribution in [-0.4, -0.2) is 38.7 Å². The van der Waals surface area contributed by atoms with Crippen molar-refractivity contribution in [2.75, 3.05) is 23.3 Å². The van der Waals surface area contributed by atoms with E-state index >= 15 is 0 Å². The van der Waals surface area contributed by atoms with E-state index in [0.29, 0.717) is 44.1 Å². The lowest BCUT2D eigenvalue weighted by Crippen LogP contribution is -2.38. The van der Waals surface area contributed by atoms with E-state index in [1.165, 1.54) is 12.6 Å². The van der Waals surface area contributed by atoms with Crippen molar-refractivity contribution >= 4 is 17.5 Å². The number of hydrogen-bond donors (Lipinski definition) is 1. The van der Waals surface area contributed by atoms with E-state index in [1.807, 2.05) is 29.2 Å². The number of rotatable bonds is 6. The lowest BCUT2D eigenvalue weighted by molar-refractivity contribution is -0.120. The van der Waals surface area contributed by atoms with Crippen LogP contribution in [0.25, 0.3) is 11.7 Å². The number of nitrogens with zero attached hydrogens (tertiary/aromatic N) is 6. The van der Waals surface area contributed by atoms with Crippen molar-refractivity contribution in [1.82, 2.24) is 19.7 Å². The SMILES string of the molecule is N#Cc1nc(-c2ccco2)oc1N1CCC(C(=O)Nc2ccccc2Cn2cncn2)CC1. The third-order valence-corrected chi connectivity index (χ3v) is 5.67. The Morgan fingerprint density at radius 1 is 1.21 bits per heavy atom. The van der Waals surface area contributed by atoms with Gasteiger partial charge in [0.15, 0.2) is 5.76 Å². The molecule has 1 fully saturated rings. The maximum absolute atomic E-state index is 13.0. The van der Waals surface area contributed by atoms with Crippen LogP contribution in [-0.2, 0) is 11.3 Å². The molecule has 166 valence electrons. The summed E-state index contributed by atoms with van der Waals surface area (Å²) in [5.41, 5.74) is 1.94. The summed E-state index contributed by atoms with van der Waals surface area (Å²) in [5.74, 6) is 1.00. The highest BCUT2D eigenvalue weighted by Gasteiger charge is 2.29. The number of furan rings is 1. The highest BCUT2D eigenvalue weighted by molar-refractivity contribution is 5.93. The third kappa shape index (κ3) is 4.34. The number of carbonyl (C=O) groups is 1. The monoisotopic (exact) mass is 443 g/mol. The molecule has 0 saturated carbocycles. The van der Waals surface area contributed by atoms with Gasteiger partial charge in [0.05, 0.1) is 12.8 Å². The Hall–Kier alpha value is -4.39. The maximum Gasteiger partial charge on any atom is 0.266 e. The highest BCUT2D eigenvalue weighted by atomic mass is 16.4. The van der Waals surface area contributed by atoms with E-state index in [4.69, 9.17) is 8.83 Å². The number of carbonyl (C=O) groups excluding carboxylic acids is 1. The number of para-hydroxylation sites is 1. The van der Waals surface area contributed by atoms with E-state index in [9.17, 15) is 10.1 Å². The van der Waals surface area contributed by atoms with Gasteiger partial charge in [0.1, 0.15) is 18.7 Å². The first kappa shape index (κ1) is 20.5. The predicted octanol–water partition coefficient (Wildman–Crippen LogP) is 3.30. The van der Waals surface area contributed by atoms with Crippen LogP contribution in [0.2, 0.25) is 0 Å². The molecular weight excluding hydrogens is 422 g/mol. The average molecular weight is 443 g/mol. The Balaban J connectivity index is 1.23. The van der Waals surface area contributed by atoms with Gasteiger partial charge in [-0.25, -0.2) is 9.67 Å². The summed E-state index contributed by atoms with van der Waals surface area (Å²) in [6.45, 7) is 1.69. The minimum absolute atomic E-state index is 0.0185. The van der Waals surface area contributed by atoms with Crippen LogP contribution in [0, 0.1) is 17.2 Å². The van der Waals surface area contributed by atoms with Gasteiger partial charge in [-0.2, -0.15) is 15.3 Å². The molecule has 33 heavy (non-hydrogen) atoms. The van der Waals surface area contributed by atoms with Crippen LogP contribution in [0.15, 0.2) is 64.2 Å². The minimum atomic E-state index is -0.140. The van der Waals surface area contributed by atoms with E-state index in [2.05, 4.69) is 26.5 Å². The Labute approximate surface area is 189 Å². The average Bonchev–Trinajstić information content (AvgIpc) is 3.62. The molecule has 0 radical (unpaired) electrons. The van der Waals surface area contributed by atoms with Crippen LogP contribution in [0.5, 0.6) is 0 Å². The fourth-order valence-electron chi connectivity index (χ4n) is 3.95. The number of nitrogens with one attached hydrogen (secondary N) is 1. The summed E-state index contributed by atoms with van der Waals surface area (Å²) in [6, 6.07) is 13.2. The van der Waals surface area contributed by atoms with Gasteiger partial charge in [-0.1, -0.05) is 18.2 Å². The van der Waals surface area contributed by atoms with E-state index in [-0.39, 0.29) is 23.4 Å². The normalized spacial score (nSPS) is 14.2. The molecule has 1 aliphatic rings. The van der Waals surface area contributed by atoms with Crippen LogP contribution in [0.4, 0.5) is 11.6 Å². The first-order chi connectivity index (χ1) is 16.2. The second-order valence-corrected chi connectivity index (χ2v) is 7.76. The number of amides is 1. The van der Waals surface area contributed by atoms with E-state index < -0.39 is 0 Å². The Bertz CT molecular complexity index is 1260. The van der Waals surface area contributed by atoms with Gasteiger partial charge in [-0.15, -0.1) is 0 Å². The quantitative estimate of drug-likeness (QED) is 0.481. The molecule has 1 aromatic carbocycles. The van der Waals surface area contributed by atoms with Crippen LogP contribution in [0.3, 0.4) is 0 Å². The van der Waals surface area contributed by atoms with Crippen molar-refractivity contribution in [3.63, 3.8) is 0 Å². The smallest absolute Gasteiger partial charge is 0.266 e. The fourth-order valence-corrected chi connectivity index (χ4v) is 3.95. The Kier molecular flexibility index (Phi) is 5.59. The first-order valence-corrected chi connectivity index (χ1v) is 10.6. The second kappa shape index (κ2) is 9.00. The molecule has 0 aliphatic carbocycles. The summed E-state index contributed by atoms with van der Waals surface area (Å²) in [7, 11) is 0. The van der Waals surface area contributed by atoms with Gasteiger partial charge >= 0.3 is 0 Å². The molecule has 3 aromatic heterocycles. The number of anilines is 2. The lowest BCUT2D eigenvalue weighted by Gasteiger charge is -2.31. The molecule has 1 N–H and O–H groups in total. The molecule has 10 nitrogen and oxygen atoms in total. The van der Waals surface area contributed by atoms with Gasteiger partial charge in [-0.05, 0) is 36.6 Å². The van der Waals surface area contributed by atoms with Gasteiger partial charge in [0.25, 0.3) is 5.89 Å². The standard InChI is InChI=1S/C23H21N7O3/c24-12-19-23(33-22(28-19)20-6-3-11-32-20)29-9-7-16(8-10-29)21(31)27-18-5-2-1-4-17(18)13-30-15-25-14-26-30/h1-6,11,14-16H,7-10,13H2,(H,27,31). The fraction of sp³-hybridized carbons (Fsp3) is 0.261. The van der Waals surface area contributed by atoms with Crippen molar-refractivity contribution < 1.29 is 13.6 Å². The molecule has 0 spiro atoms. The summed E-state index contributed by atoms with van der Waals surface area (Å²) in [6.07, 6.45) is 5.93. The number of benzene rings is 1. The molecule has 4 heterocycles. The number of piperidine rings is 1. The number of hydrogen-bond acceptors (Lipinski definition) is 8. The molecular formula is C23H21N7O3. The molecule has 1 saturated heterocycles. The molecule has 1 amide bonds. The van der Waals surface area contributed by atoms with Gasteiger partial charge in [-0.3, -0.25) is 4.79 Å². The summed E-state index contributed by atoms with van der Waals surface area (Å²) >= 11 is 0. The zero-order chi connectivity index (χ0) is 22.6. The maximum atomic E-state index is 13.0. The van der Waals surface area contributed by atoms with Crippen LogP contribution >= 0.6 is 0 Å². The number of oxazole rings is 1. The molecule has 10 heteroatoms. The highest BCUT2D eigenvalue weighted by Crippen LogP contribution is 2.31. The summed E-state index contributed by atoms with van der Waals surface area (Å²) < 4.78 is 12.9. The molecule has 4 aromatic rings. The molecule has 0 atom stereocenters. The zero-order valence-electron chi connectivity index (χ0n) is 17.7. The van der Waals surface area contributed by atoms with E-state index in [0.717, 1.165) is 11.3 Å². The van der Waals surface area contributed by atoms with Gasteiger partial charge in [0, 0.05) is 24.7 Å². The Morgan fingerprint density at radius 2 is 2.06 bits per heavy atom. The zero-order valence-corrected chi connectivity index (χ0v) is 17.7. The third-order valence-electron chi connectivity index (χ3n) is 5.67. The van der Waals surface area contributed by atoms with Gasteiger partial charge < -0.3 is 19.1 Å². The predicted molar refractivity (Wildman–Crippen MR) is 118 cm³/mol. The number of aromatic nitrogens is 4. The first-order valence-electron chi connectivity index (χ1n) is 10.6. The van der Waals surface area contributed by atoms with Crippen molar-refractivity contribution in [2.45, 2.75) is 19.4 Å². The van der Waals surface area contributed by atoms with Crippen molar-refractivity contribution in [3.8, 4) is 17.7 Å². The summed E-state index contributed by atoms with van der Waals surface area (Å²) in [5, 5.41) is 16.7. The molecule has 0 bridgehead atoms. The largest absolute Gasteiger partial charge is 0.459 e. The lowest BCUT2D eigenvalue weighted by atomic mass is 9.95. The number of nitriles is 1. The Morgan fingerprint density at radius 3 is 2.79 bits per heavy atom. The summed E-state index contributed by atoms with van der Waals surface area (Å²) in [4.78, 5) is 23.1. The second-order valence-electron chi connectivity index (χ2n) is 7.76.